The minimum absolute atomic E-state index is 0.207. The van der Waals surface area contributed by atoms with E-state index in [4.69, 9.17) is 44.3 Å². The smallest absolute Gasteiger partial charge is 0.338 e. The number of carbonyl (C=O) groups excluding carboxylic acids is 1. The highest BCUT2D eigenvalue weighted by atomic mass is 16.6. The summed E-state index contributed by atoms with van der Waals surface area (Å²) < 4.78 is 42.5. The van der Waals surface area contributed by atoms with Crippen LogP contribution in [0.5, 0.6) is 0 Å². The first kappa shape index (κ1) is 29.0. The third kappa shape index (κ3) is 19.2. The van der Waals surface area contributed by atoms with Crippen LogP contribution in [-0.2, 0) is 37.9 Å². The maximum atomic E-state index is 11.7. The highest BCUT2D eigenvalue weighted by Crippen LogP contribution is 2.00. The van der Waals surface area contributed by atoms with Gasteiger partial charge in [0.25, 0.3) is 0 Å². The Hall–Kier alpha value is -2.03. The highest BCUT2D eigenvalue weighted by molar-refractivity contribution is 5.89. The maximum Gasteiger partial charge on any atom is 0.338 e. The lowest BCUT2D eigenvalue weighted by atomic mass is 10.2. The van der Waals surface area contributed by atoms with E-state index >= 15 is 0 Å². The van der Waals surface area contributed by atoms with Gasteiger partial charge in [-0.05, 0) is 12.1 Å². The molecule has 9 nitrogen and oxygen atoms in total. The summed E-state index contributed by atoms with van der Waals surface area (Å²) in [5, 5.41) is 0. The molecule has 1 aromatic rings. The molecular formula is C24H36O9. The molecule has 33 heavy (non-hydrogen) atoms. The van der Waals surface area contributed by atoms with Crippen molar-refractivity contribution in [3.8, 4) is 12.3 Å². The monoisotopic (exact) mass is 468 g/mol. The Balaban J connectivity index is 1.69. The number of terminal acetylenes is 1. The SMILES string of the molecule is C#CCOCCOCCOCCOCCOCCOCCOCCOC(=O)c1ccccc1. The van der Waals surface area contributed by atoms with Gasteiger partial charge in [-0.1, -0.05) is 24.1 Å². The number of esters is 1. The summed E-state index contributed by atoms with van der Waals surface area (Å²) in [6.45, 7) is 6.68. The molecule has 0 aliphatic heterocycles. The van der Waals surface area contributed by atoms with Gasteiger partial charge in [-0.3, -0.25) is 0 Å². The van der Waals surface area contributed by atoms with E-state index in [0.29, 0.717) is 98.1 Å². The molecule has 0 N–H and O–H groups in total. The zero-order valence-electron chi connectivity index (χ0n) is 19.2. The molecule has 1 rings (SSSR count). The van der Waals surface area contributed by atoms with Crippen LogP contribution in [0.25, 0.3) is 0 Å². The van der Waals surface area contributed by atoms with Gasteiger partial charge in [0, 0.05) is 0 Å². The second-order valence-corrected chi connectivity index (χ2v) is 6.43. The van der Waals surface area contributed by atoms with Crippen molar-refractivity contribution in [1.82, 2.24) is 0 Å². The van der Waals surface area contributed by atoms with Crippen molar-refractivity contribution in [2.24, 2.45) is 0 Å². The molecular weight excluding hydrogens is 432 g/mol. The number of hydrogen-bond acceptors (Lipinski definition) is 9. The van der Waals surface area contributed by atoms with Gasteiger partial charge in [-0.2, -0.15) is 0 Å². The number of ether oxygens (including phenoxy) is 8. The summed E-state index contributed by atoms with van der Waals surface area (Å²) in [4.78, 5) is 11.7. The molecule has 0 saturated carbocycles. The summed E-state index contributed by atoms with van der Waals surface area (Å²) in [7, 11) is 0. The summed E-state index contributed by atoms with van der Waals surface area (Å²) >= 11 is 0. The van der Waals surface area contributed by atoms with Crippen LogP contribution in [-0.4, -0.2) is 105 Å². The van der Waals surface area contributed by atoms with Gasteiger partial charge in [-0.15, -0.1) is 6.42 Å². The quantitative estimate of drug-likeness (QED) is 0.135. The average Bonchev–Trinajstić information content (AvgIpc) is 2.85. The largest absolute Gasteiger partial charge is 0.460 e. The molecule has 0 amide bonds. The number of rotatable bonds is 23. The Kier molecular flexibility index (Phi) is 20.3. The van der Waals surface area contributed by atoms with Crippen LogP contribution in [0.1, 0.15) is 10.4 Å². The number of carbonyl (C=O) groups is 1. The van der Waals surface area contributed by atoms with Gasteiger partial charge >= 0.3 is 5.97 Å². The molecule has 0 bridgehead atoms. The van der Waals surface area contributed by atoms with Gasteiger partial charge < -0.3 is 37.9 Å². The average molecular weight is 469 g/mol. The van der Waals surface area contributed by atoms with Gasteiger partial charge in [0.1, 0.15) is 13.2 Å². The maximum absolute atomic E-state index is 11.7. The Labute approximate surface area is 196 Å². The Morgan fingerprint density at radius 2 is 0.939 bits per heavy atom. The summed E-state index contributed by atoms with van der Waals surface area (Å²) in [6.07, 6.45) is 5.06. The van der Waals surface area contributed by atoms with Crippen molar-refractivity contribution in [2.75, 3.05) is 99.1 Å². The molecule has 0 atom stereocenters. The fourth-order valence-corrected chi connectivity index (χ4v) is 2.30. The topological polar surface area (TPSA) is 90.9 Å². The predicted molar refractivity (Wildman–Crippen MR) is 121 cm³/mol. The Bertz CT molecular complexity index is 604. The lowest BCUT2D eigenvalue weighted by Gasteiger charge is -2.08. The molecule has 0 fully saturated rings. The first-order chi connectivity index (χ1) is 16.3. The van der Waals surface area contributed by atoms with Crippen molar-refractivity contribution < 1.29 is 42.7 Å². The van der Waals surface area contributed by atoms with Gasteiger partial charge in [0.05, 0.1) is 91.5 Å². The molecule has 0 aliphatic carbocycles. The standard InChI is InChI=1S/C24H36O9/c1-2-8-26-9-10-27-11-12-28-13-14-29-15-16-30-17-18-31-19-20-32-21-22-33-24(25)23-6-4-3-5-7-23/h1,3-7H,8-22H2. The van der Waals surface area contributed by atoms with Gasteiger partial charge in [-0.25, -0.2) is 4.79 Å². The molecule has 1 aromatic carbocycles. The highest BCUT2D eigenvalue weighted by Gasteiger charge is 2.04. The van der Waals surface area contributed by atoms with E-state index < -0.39 is 0 Å². The summed E-state index contributed by atoms with van der Waals surface area (Å²) in [6, 6.07) is 8.85. The second-order valence-electron chi connectivity index (χ2n) is 6.43. The van der Waals surface area contributed by atoms with Crippen LogP contribution in [0.15, 0.2) is 30.3 Å². The lowest BCUT2D eigenvalue weighted by molar-refractivity contribution is -0.0216. The van der Waals surface area contributed by atoms with E-state index in [1.54, 1.807) is 24.3 Å². The van der Waals surface area contributed by atoms with Crippen molar-refractivity contribution in [2.45, 2.75) is 0 Å². The van der Waals surface area contributed by atoms with E-state index in [1.165, 1.54) is 0 Å². The van der Waals surface area contributed by atoms with E-state index in [0.717, 1.165) is 0 Å². The summed E-state index contributed by atoms with van der Waals surface area (Å²) in [5.41, 5.74) is 0.528. The second kappa shape index (κ2) is 23.1. The third-order valence-electron chi connectivity index (χ3n) is 3.89. The van der Waals surface area contributed by atoms with Crippen molar-refractivity contribution in [3.63, 3.8) is 0 Å². The van der Waals surface area contributed by atoms with E-state index in [9.17, 15) is 4.79 Å². The zero-order chi connectivity index (χ0) is 23.7. The number of benzene rings is 1. The first-order valence-corrected chi connectivity index (χ1v) is 11.0. The summed E-state index contributed by atoms with van der Waals surface area (Å²) in [5.74, 6) is 2.04. The molecule has 0 aliphatic rings. The molecule has 0 saturated heterocycles. The minimum atomic E-state index is -0.354. The van der Waals surface area contributed by atoms with Gasteiger partial charge in [0.15, 0.2) is 0 Å². The number of hydrogen-bond donors (Lipinski definition) is 0. The van der Waals surface area contributed by atoms with Crippen LogP contribution in [0.2, 0.25) is 0 Å². The molecule has 0 spiro atoms. The predicted octanol–water partition coefficient (Wildman–Crippen LogP) is 1.59. The molecule has 9 heteroatoms. The van der Waals surface area contributed by atoms with Gasteiger partial charge in [0.2, 0.25) is 0 Å². The molecule has 0 heterocycles. The van der Waals surface area contributed by atoms with Crippen LogP contribution < -0.4 is 0 Å². The van der Waals surface area contributed by atoms with E-state index in [1.807, 2.05) is 6.07 Å². The van der Waals surface area contributed by atoms with Crippen LogP contribution >= 0.6 is 0 Å². The zero-order valence-corrected chi connectivity index (χ0v) is 19.2. The van der Waals surface area contributed by atoms with Crippen LogP contribution in [0.4, 0.5) is 0 Å². The molecule has 0 aromatic heterocycles. The molecule has 0 radical (unpaired) electrons. The Morgan fingerprint density at radius 1 is 0.576 bits per heavy atom. The Morgan fingerprint density at radius 3 is 1.33 bits per heavy atom. The first-order valence-electron chi connectivity index (χ1n) is 11.0. The minimum Gasteiger partial charge on any atom is -0.460 e. The van der Waals surface area contributed by atoms with Crippen molar-refractivity contribution in [1.29, 1.82) is 0 Å². The van der Waals surface area contributed by atoms with Crippen LogP contribution in [0.3, 0.4) is 0 Å². The van der Waals surface area contributed by atoms with E-state index in [-0.39, 0.29) is 12.6 Å². The fraction of sp³-hybridized carbons (Fsp3) is 0.625. The molecule has 0 unspecified atom stereocenters. The lowest BCUT2D eigenvalue weighted by Crippen LogP contribution is -2.15. The van der Waals surface area contributed by atoms with E-state index in [2.05, 4.69) is 5.92 Å². The third-order valence-corrected chi connectivity index (χ3v) is 3.89. The molecule has 186 valence electrons. The van der Waals surface area contributed by atoms with Crippen molar-refractivity contribution in [3.05, 3.63) is 35.9 Å². The normalized spacial score (nSPS) is 10.8. The van der Waals surface area contributed by atoms with Crippen molar-refractivity contribution >= 4 is 5.97 Å². The van der Waals surface area contributed by atoms with Crippen LogP contribution in [0, 0.1) is 12.3 Å². The fourth-order valence-electron chi connectivity index (χ4n) is 2.30.